The van der Waals surface area contributed by atoms with Crippen LogP contribution in [0.1, 0.15) is 11.1 Å². The fourth-order valence-corrected chi connectivity index (χ4v) is 6.31. The van der Waals surface area contributed by atoms with Crippen molar-refractivity contribution < 1.29 is 22.9 Å². The Balaban J connectivity index is 1.82. The minimum Gasteiger partial charge on any atom is -0.357 e. The number of hydrogen-bond donors (Lipinski definition) is 1. The van der Waals surface area contributed by atoms with Gasteiger partial charge in [-0.25, -0.2) is 8.42 Å². The van der Waals surface area contributed by atoms with Gasteiger partial charge in [-0.2, -0.15) is 0 Å². The second-order valence-corrected chi connectivity index (χ2v) is 12.4. The minimum atomic E-state index is -4.40. The molecular weight excluding hydrogens is 627 g/mol. The molecule has 228 valence electrons. The lowest BCUT2D eigenvalue weighted by molar-refractivity contribution is -0.384. The van der Waals surface area contributed by atoms with Gasteiger partial charge in [0.1, 0.15) is 12.6 Å². The molecule has 4 aromatic carbocycles. The van der Waals surface area contributed by atoms with Gasteiger partial charge >= 0.3 is 0 Å². The van der Waals surface area contributed by atoms with Gasteiger partial charge in [0, 0.05) is 32.1 Å². The number of carbonyl (C=O) groups excluding carboxylic acids is 2. The molecular formula is C31H28Cl2N4O6S. The third kappa shape index (κ3) is 7.73. The number of anilines is 1. The van der Waals surface area contributed by atoms with Crippen LogP contribution in [-0.4, -0.2) is 49.7 Å². The van der Waals surface area contributed by atoms with Gasteiger partial charge in [0.25, 0.3) is 15.7 Å². The van der Waals surface area contributed by atoms with E-state index in [1.165, 1.54) is 54.4 Å². The van der Waals surface area contributed by atoms with E-state index in [1.807, 2.05) is 18.2 Å². The monoisotopic (exact) mass is 654 g/mol. The molecule has 0 fully saturated rings. The zero-order valence-corrected chi connectivity index (χ0v) is 25.8. The summed E-state index contributed by atoms with van der Waals surface area (Å²) >= 11 is 12.4. The van der Waals surface area contributed by atoms with Crippen molar-refractivity contribution in [1.29, 1.82) is 0 Å². The predicted molar refractivity (Wildman–Crippen MR) is 169 cm³/mol. The highest BCUT2D eigenvalue weighted by Crippen LogP contribution is 2.29. The molecule has 10 nitrogen and oxygen atoms in total. The number of nitro groups is 1. The normalized spacial score (nSPS) is 11.8. The van der Waals surface area contributed by atoms with E-state index >= 15 is 0 Å². The van der Waals surface area contributed by atoms with Crippen molar-refractivity contribution in [3.63, 3.8) is 0 Å². The number of amides is 2. The van der Waals surface area contributed by atoms with E-state index in [4.69, 9.17) is 23.2 Å². The molecule has 4 rings (SSSR count). The molecule has 4 aromatic rings. The van der Waals surface area contributed by atoms with Crippen molar-refractivity contribution in [1.82, 2.24) is 10.2 Å². The van der Waals surface area contributed by atoms with Crippen LogP contribution < -0.4 is 9.62 Å². The first-order valence-electron chi connectivity index (χ1n) is 13.3. The Morgan fingerprint density at radius 2 is 1.52 bits per heavy atom. The molecule has 1 N–H and O–H groups in total. The summed E-state index contributed by atoms with van der Waals surface area (Å²) < 4.78 is 28.7. The highest BCUT2D eigenvalue weighted by Gasteiger charge is 2.34. The summed E-state index contributed by atoms with van der Waals surface area (Å²) in [4.78, 5) is 39.6. The van der Waals surface area contributed by atoms with Crippen molar-refractivity contribution in [3.05, 3.63) is 134 Å². The molecule has 1 atom stereocenters. The fraction of sp³-hybridized carbons (Fsp3) is 0.161. The molecule has 0 aliphatic rings. The molecule has 0 saturated carbocycles. The fourth-order valence-electron chi connectivity index (χ4n) is 4.57. The highest BCUT2D eigenvalue weighted by atomic mass is 35.5. The zero-order chi connectivity index (χ0) is 31.9. The number of sulfonamides is 1. The summed E-state index contributed by atoms with van der Waals surface area (Å²) in [7, 11) is -2.95. The van der Waals surface area contributed by atoms with E-state index in [1.54, 1.807) is 36.4 Å². The number of nitro benzene ring substituents is 1. The van der Waals surface area contributed by atoms with Gasteiger partial charge in [-0.3, -0.25) is 24.0 Å². The first-order valence-corrected chi connectivity index (χ1v) is 15.5. The van der Waals surface area contributed by atoms with Crippen LogP contribution in [0.5, 0.6) is 0 Å². The van der Waals surface area contributed by atoms with Crippen molar-refractivity contribution in [3.8, 4) is 0 Å². The third-order valence-corrected chi connectivity index (χ3v) is 9.32. The number of halogens is 2. The summed E-state index contributed by atoms with van der Waals surface area (Å²) in [6.45, 7) is -0.878. The maximum Gasteiger partial charge on any atom is 0.271 e. The minimum absolute atomic E-state index is 0.0922. The van der Waals surface area contributed by atoms with Gasteiger partial charge in [-0.15, -0.1) is 0 Å². The van der Waals surface area contributed by atoms with Gasteiger partial charge in [-0.1, -0.05) is 83.9 Å². The lowest BCUT2D eigenvalue weighted by Crippen LogP contribution is -2.53. The Morgan fingerprint density at radius 1 is 0.864 bits per heavy atom. The number of carbonyl (C=O) groups is 2. The van der Waals surface area contributed by atoms with E-state index in [2.05, 4.69) is 5.32 Å². The van der Waals surface area contributed by atoms with Crippen LogP contribution in [0.25, 0.3) is 0 Å². The maximum atomic E-state index is 14.3. The molecule has 13 heteroatoms. The van der Waals surface area contributed by atoms with Crippen LogP contribution in [0.4, 0.5) is 11.4 Å². The van der Waals surface area contributed by atoms with Crippen molar-refractivity contribution in [2.75, 3.05) is 17.9 Å². The lowest BCUT2D eigenvalue weighted by Gasteiger charge is -2.33. The average molecular weight is 656 g/mol. The molecule has 1 unspecified atom stereocenters. The number of non-ortho nitro benzene ring substituents is 1. The standard InChI is InChI=1S/C31H28Cl2N4O6S/c1-34-31(39)29(18-22-9-4-2-5-10-22)35(20-23-15-16-27(32)28(33)17-23)30(38)21-36(24-11-8-12-25(19-24)37(40)41)44(42,43)26-13-6-3-7-14-26/h2-17,19,29H,18,20-21H2,1H3,(H,34,39). The lowest BCUT2D eigenvalue weighted by atomic mass is 10.0. The molecule has 2 amide bonds. The molecule has 0 radical (unpaired) electrons. The van der Waals surface area contributed by atoms with Crippen LogP contribution in [0.15, 0.2) is 108 Å². The van der Waals surface area contributed by atoms with Gasteiger partial charge < -0.3 is 10.2 Å². The SMILES string of the molecule is CNC(=O)C(Cc1ccccc1)N(Cc1ccc(Cl)c(Cl)c1)C(=O)CN(c1cccc([N+](=O)[O-])c1)S(=O)(=O)c1ccccc1. The molecule has 0 aliphatic heterocycles. The topological polar surface area (TPSA) is 130 Å². The van der Waals surface area contributed by atoms with Gasteiger partial charge in [0.2, 0.25) is 11.8 Å². The number of hydrogen-bond acceptors (Lipinski definition) is 6. The van der Waals surface area contributed by atoms with E-state index in [0.717, 1.165) is 15.9 Å². The summed E-state index contributed by atoms with van der Waals surface area (Å²) in [5, 5.41) is 14.7. The Hall–Kier alpha value is -4.45. The Morgan fingerprint density at radius 3 is 2.14 bits per heavy atom. The maximum absolute atomic E-state index is 14.3. The molecule has 0 heterocycles. The smallest absolute Gasteiger partial charge is 0.271 e. The Bertz CT molecular complexity index is 1760. The van der Waals surface area contributed by atoms with Gasteiger partial charge in [-0.05, 0) is 41.5 Å². The number of nitrogens with one attached hydrogen (secondary N) is 1. The molecule has 0 aliphatic carbocycles. The summed E-state index contributed by atoms with van der Waals surface area (Å²) in [6, 6.07) is 25.2. The van der Waals surface area contributed by atoms with Gasteiger partial charge in [0.15, 0.2) is 0 Å². The van der Waals surface area contributed by atoms with Crippen LogP contribution >= 0.6 is 23.2 Å². The Kier molecular flexibility index (Phi) is 10.6. The van der Waals surface area contributed by atoms with E-state index in [-0.39, 0.29) is 34.3 Å². The molecule has 0 saturated heterocycles. The number of benzene rings is 4. The van der Waals surface area contributed by atoms with Crippen molar-refractivity contribution in [2.45, 2.75) is 23.9 Å². The van der Waals surface area contributed by atoms with Gasteiger partial charge in [0.05, 0.1) is 25.6 Å². The number of rotatable bonds is 12. The highest BCUT2D eigenvalue weighted by molar-refractivity contribution is 7.92. The molecule has 0 bridgehead atoms. The number of likely N-dealkylation sites (N-methyl/N-ethyl adjacent to an activating group) is 1. The summed E-state index contributed by atoms with van der Waals surface area (Å²) in [5.74, 6) is -1.21. The zero-order valence-electron chi connectivity index (χ0n) is 23.5. The first-order chi connectivity index (χ1) is 21.0. The van der Waals surface area contributed by atoms with Crippen molar-refractivity contribution in [2.24, 2.45) is 0 Å². The van der Waals surface area contributed by atoms with Crippen LogP contribution in [0, 0.1) is 10.1 Å². The molecule has 0 aromatic heterocycles. The molecule has 0 spiro atoms. The second kappa shape index (κ2) is 14.3. The van der Waals surface area contributed by atoms with E-state index in [9.17, 15) is 28.1 Å². The van der Waals surface area contributed by atoms with Crippen LogP contribution in [-0.2, 0) is 32.6 Å². The van der Waals surface area contributed by atoms with Crippen LogP contribution in [0.2, 0.25) is 10.0 Å². The predicted octanol–water partition coefficient (Wildman–Crippen LogP) is 5.48. The van der Waals surface area contributed by atoms with E-state index < -0.39 is 39.3 Å². The van der Waals surface area contributed by atoms with Crippen molar-refractivity contribution >= 4 is 56.4 Å². The largest absolute Gasteiger partial charge is 0.357 e. The number of nitrogens with zero attached hydrogens (tertiary/aromatic N) is 3. The van der Waals surface area contributed by atoms with Crippen LogP contribution in [0.3, 0.4) is 0 Å². The summed E-state index contributed by atoms with van der Waals surface area (Å²) in [5.41, 5.74) is 0.858. The quantitative estimate of drug-likeness (QED) is 0.159. The van der Waals surface area contributed by atoms with E-state index in [0.29, 0.717) is 10.6 Å². The Labute approximate surface area is 265 Å². The third-order valence-electron chi connectivity index (χ3n) is 6.79. The summed E-state index contributed by atoms with van der Waals surface area (Å²) in [6.07, 6.45) is 0.121. The second-order valence-electron chi connectivity index (χ2n) is 9.69. The first kappa shape index (κ1) is 32.5. The average Bonchev–Trinajstić information content (AvgIpc) is 3.03. The molecule has 44 heavy (non-hydrogen) atoms.